The fraction of sp³-hybridized carbons (Fsp3) is 0.381. The molecule has 146 valence electrons. The molecule has 3 nitrogen and oxygen atoms in total. The van der Waals surface area contributed by atoms with Gasteiger partial charge in [-0.25, -0.2) is 8.78 Å². The van der Waals surface area contributed by atoms with Crippen LogP contribution < -0.4 is 4.90 Å². The average Bonchev–Trinajstić information content (AvgIpc) is 2.60. The van der Waals surface area contributed by atoms with Gasteiger partial charge in [0, 0.05) is 18.4 Å². The molecule has 1 aromatic rings. The number of halogens is 2. The highest BCUT2D eigenvalue weighted by Crippen LogP contribution is 2.36. The topological polar surface area (TPSA) is 29.5 Å². The number of ketones is 1. The number of Topliss-reactive ketones (excluding diaryl/α,β-unsaturated/α-hetero) is 1. The Morgan fingerprint density at radius 1 is 1.30 bits per heavy atom. The van der Waals surface area contributed by atoms with Gasteiger partial charge in [-0.2, -0.15) is 0 Å². The fourth-order valence-electron chi connectivity index (χ4n) is 2.29. The van der Waals surface area contributed by atoms with Gasteiger partial charge >= 0.3 is 0 Å². The van der Waals surface area contributed by atoms with Crippen molar-refractivity contribution in [3.05, 3.63) is 65.9 Å². The minimum atomic E-state index is -2.04. The first-order valence-electron chi connectivity index (χ1n) is 8.97. The van der Waals surface area contributed by atoms with Gasteiger partial charge in [0.2, 0.25) is 5.78 Å². The molecular weight excluding hydrogens is 364 g/mol. The van der Waals surface area contributed by atoms with Crippen LogP contribution in [0.25, 0.3) is 0 Å². The lowest BCUT2D eigenvalue weighted by molar-refractivity contribution is 0.0999. The van der Waals surface area contributed by atoms with Gasteiger partial charge in [-0.3, -0.25) is 4.79 Å². The summed E-state index contributed by atoms with van der Waals surface area (Å²) in [4.78, 5) is 14.1. The van der Waals surface area contributed by atoms with E-state index in [1.54, 1.807) is 6.07 Å². The van der Waals surface area contributed by atoms with Crippen LogP contribution in [0.5, 0.6) is 0 Å². The Morgan fingerprint density at radius 3 is 2.56 bits per heavy atom. The molecule has 1 aliphatic rings. The van der Waals surface area contributed by atoms with Gasteiger partial charge in [-0.05, 0) is 48.5 Å². The lowest BCUT2D eigenvalue weighted by Gasteiger charge is -2.35. The molecule has 0 N–H and O–H groups in total. The van der Waals surface area contributed by atoms with Crippen LogP contribution in [-0.4, -0.2) is 27.3 Å². The summed E-state index contributed by atoms with van der Waals surface area (Å²) < 4.78 is 34.4. The molecule has 1 aliphatic heterocycles. The third-order valence-electron chi connectivity index (χ3n) is 5.07. The minimum absolute atomic E-state index is 0.00131. The Labute approximate surface area is 161 Å². The Hall–Kier alpha value is -2.05. The number of carbonyl (C=O) groups excluding carboxylic acids is 1. The van der Waals surface area contributed by atoms with Crippen molar-refractivity contribution in [3.63, 3.8) is 0 Å². The van der Waals surface area contributed by atoms with E-state index in [1.165, 1.54) is 12.1 Å². The van der Waals surface area contributed by atoms with Crippen LogP contribution in [0.15, 0.2) is 54.5 Å². The molecule has 0 saturated heterocycles. The van der Waals surface area contributed by atoms with Gasteiger partial charge in [-0.1, -0.05) is 32.9 Å². The first kappa shape index (κ1) is 21.2. The molecule has 0 bridgehead atoms. The molecule has 0 saturated carbocycles. The van der Waals surface area contributed by atoms with Gasteiger partial charge in [0.25, 0.3) is 0 Å². The second-order valence-electron chi connectivity index (χ2n) is 8.04. The summed E-state index contributed by atoms with van der Waals surface area (Å²) >= 11 is 0. The zero-order valence-electron chi connectivity index (χ0n) is 16.6. The predicted molar refractivity (Wildman–Crippen MR) is 109 cm³/mol. The van der Waals surface area contributed by atoms with Gasteiger partial charge in [0.15, 0.2) is 14.1 Å². The fourth-order valence-corrected chi connectivity index (χ4v) is 3.22. The van der Waals surface area contributed by atoms with Crippen molar-refractivity contribution in [3.8, 4) is 0 Å². The van der Waals surface area contributed by atoms with Gasteiger partial charge in [0.1, 0.15) is 5.82 Å². The van der Waals surface area contributed by atoms with E-state index in [4.69, 9.17) is 4.43 Å². The highest BCUT2D eigenvalue weighted by molar-refractivity contribution is 6.74. The van der Waals surface area contributed by atoms with Crippen LogP contribution in [0.2, 0.25) is 18.1 Å². The summed E-state index contributed by atoms with van der Waals surface area (Å²) in [5, 5.41) is -0.0125. The van der Waals surface area contributed by atoms with Crippen LogP contribution in [0.1, 0.15) is 31.1 Å². The maximum atomic E-state index is 14.4. The SMILES string of the molecule is CC(C)(C)[Si](C)(C)OC/C=C(\F)C(=O)c1ccc(N2C=CC=CC2)cc1F. The molecule has 0 spiro atoms. The van der Waals surface area contributed by atoms with E-state index in [1.807, 2.05) is 42.4 Å². The van der Waals surface area contributed by atoms with E-state index in [0.717, 1.165) is 6.08 Å². The zero-order valence-corrected chi connectivity index (χ0v) is 17.6. The summed E-state index contributed by atoms with van der Waals surface area (Å²) in [6.07, 6.45) is 8.58. The van der Waals surface area contributed by atoms with E-state index >= 15 is 0 Å². The molecule has 0 aliphatic carbocycles. The molecule has 0 atom stereocenters. The number of carbonyl (C=O) groups is 1. The number of hydrogen-bond acceptors (Lipinski definition) is 3. The number of nitrogens with zero attached hydrogens (tertiary/aromatic N) is 1. The molecule has 1 heterocycles. The van der Waals surface area contributed by atoms with Crippen molar-refractivity contribution >= 4 is 19.8 Å². The van der Waals surface area contributed by atoms with Crippen LogP contribution in [0, 0.1) is 5.82 Å². The number of hydrogen-bond donors (Lipinski definition) is 0. The minimum Gasteiger partial charge on any atom is -0.413 e. The lowest BCUT2D eigenvalue weighted by atomic mass is 10.1. The van der Waals surface area contributed by atoms with Gasteiger partial charge in [-0.15, -0.1) is 0 Å². The molecule has 27 heavy (non-hydrogen) atoms. The van der Waals surface area contributed by atoms with E-state index < -0.39 is 25.7 Å². The molecule has 1 aromatic carbocycles. The molecular formula is C21H27F2NO2Si. The third-order valence-corrected chi connectivity index (χ3v) is 9.57. The lowest BCUT2D eigenvalue weighted by Crippen LogP contribution is -2.40. The maximum Gasteiger partial charge on any atom is 0.224 e. The largest absolute Gasteiger partial charge is 0.413 e. The Bertz CT molecular complexity index is 792. The van der Waals surface area contributed by atoms with Crippen molar-refractivity contribution in [1.82, 2.24) is 0 Å². The molecule has 0 aromatic heterocycles. The van der Waals surface area contributed by atoms with Crippen molar-refractivity contribution in [2.24, 2.45) is 0 Å². The van der Waals surface area contributed by atoms with Crippen LogP contribution in [0.4, 0.5) is 14.5 Å². The van der Waals surface area contributed by atoms with Crippen molar-refractivity contribution in [1.29, 1.82) is 0 Å². The Balaban J connectivity index is 2.08. The molecule has 6 heteroatoms. The standard InChI is InChI=1S/C21H27F2NO2Si/c1-21(2,3)27(4,5)26-14-11-18(22)20(25)17-10-9-16(15-19(17)23)24-12-7-6-8-13-24/h6-12,15H,13-14H2,1-5H3/b18-11-. The van der Waals surface area contributed by atoms with Gasteiger partial charge in [0.05, 0.1) is 12.2 Å². The molecule has 0 radical (unpaired) electrons. The Kier molecular flexibility index (Phi) is 6.54. The maximum absolute atomic E-state index is 14.4. The Morgan fingerprint density at radius 2 is 2.00 bits per heavy atom. The second kappa shape index (κ2) is 8.31. The van der Waals surface area contributed by atoms with Crippen LogP contribution >= 0.6 is 0 Å². The van der Waals surface area contributed by atoms with E-state index in [-0.39, 0.29) is 17.2 Å². The normalized spacial score (nSPS) is 15.4. The number of allylic oxidation sites excluding steroid dienone is 3. The summed E-state index contributed by atoms with van der Waals surface area (Å²) in [5.41, 5.74) is 0.326. The quantitative estimate of drug-likeness (QED) is 0.350. The second-order valence-corrected chi connectivity index (χ2v) is 12.8. The van der Waals surface area contributed by atoms with Crippen LogP contribution in [-0.2, 0) is 4.43 Å². The third kappa shape index (κ3) is 5.23. The van der Waals surface area contributed by atoms with Crippen molar-refractivity contribution < 1.29 is 18.0 Å². The molecule has 0 amide bonds. The summed E-state index contributed by atoms with van der Waals surface area (Å²) in [6, 6.07) is 4.18. The smallest absolute Gasteiger partial charge is 0.224 e. The van der Waals surface area contributed by atoms with E-state index in [2.05, 4.69) is 20.8 Å². The highest BCUT2D eigenvalue weighted by atomic mass is 28.4. The van der Waals surface area contributed by atoms with E-state index in [9.17, 15) is 13.6 Å². The summed E-state index contributed by atoms with van der Waals surface area (Å²) in [5.74, 6) is -2.71. The number of benzene rings is 1. The summed E-state index contributed by atoms with van der Waals surface area (Å²) in [6.45, 7) is 10.9. The van der Waals surface area contributed by atoms with Crippen LogP contribution in [0.3, 0.4) is 0 Å². The van der Waals surface area contributed by atoms with Crippen molar-refractivity contribution in [2.75, 3.05) is 18.1 Å². The molecule has 2 rings (SSSR count). The number of rotatable bonds is 6. The first-order valence-corrected chi connectivity index (χ1v) is 11.9. The van der Waals surface area contributed by atoms with Gasteiger partial charge < -0.3 is 9.33 Å². The predicted octanol–water partition coefficient (Wildman–Crippen LogP) is 5.77. The molecule has 0 fully saturated rings. The first-order chi connectivity index (χ1) is 12.5. The highest BCUT2D eigenvalue weighted by Gasteiger charge is 2.36. The monoisotopic (exact) mass is 391 g/mol. The zero-order chi connectivity index (χ0) is 20.2. The van der Waals surface area contributed by atoms with Crippen molar-refractivity contribution in [2.45, 2.75) is 38.9 Å². The summed E-state index contributed by atoms with van der Waals surface area (Å²) in [7, 11) is -2.04. The molecule has 0 unspecified atom stereocenters. The average molecular weight is 392 g/mol. The van der Waals surface area contributed by atoms with E-state index in [0.29, 0.717) is 12.2 Å². The number of anilines is 1.